The van der Waals surface area contributed by atoms with Gasteiger partial charge >= 0.3 is 0 Å². The van der Waals surface area contributed by atoms with Gasteiger partial charge in [0.2, 0.25) is 5.91 Å². The van der Waals surface area contributed by atoms with Crippen molar-refractivity contribution in [2.75, 3.05) is 13.1 Å². The van der Waals surface area contributed by atoms with Crippen LogP contribution >= 0.6 is 0 Å². The van der Waals surface area contributed by atoms with Gasteiger partial charge in [0.25, 0.3) is 0 Å². The van der Waals surface area contributed by atoms with Crippen molar-refractivity contribution in [3.8, 4) is 12.8 Å². The van der Waals surface area contributed by atoms with Crippen molar-refractivity contribution in [3.63, 3.8) is 0 Å². The van der Waals surface area contributed by atoms with Gasteiger partial charge in [-0.1, -0.05) is 13.8 Å². The molecule has 2 nitrogen and oxygen atoms in total. The molecule has 0 bridgehead atoms. The fourth-order valence-corrected chi connectivity index (χ4v) is 1.39. The monoisotopic (exact) mass is 167 g/mol. The second kappa shape index (κ2) is 5.65. The molecule has 0 spiro atoms. The van der Waals surface area contributed by atoms with E-state index < -0.39 is 0 Å². The first-order chi connectivity index (χ1) is 5.74. The highest BCUT2D eigenvalue weighted by molar-refractivity contribution is 5.76. The van der Waals surface area contributed by atoms with Crippen LogP contribution in [0.25, 0.3) is 0 Å². The molecule has 1 fully saturated rings. The zero-order chi connectivity index (χ0) is 9.56. The Bertz CT molecular complexity index is 162. The van der Waals surface area contributed by atoms with Crippen LogP contribution in [0.4, 0.5) is 0 Å². The van der Waals surface area contributed by atoms with E-state index in [4.69, 9.17) is 0 Å². The topological polar surface area (TPSA) is 20.3 Å². The van der Waals surface area contributed by atoms with E-state index in [1.165, 1.54) is 6.42 Å². The Labute approximate surface area is 74.9 Å². The van der Waals surface area contributed by atoms with Gasteiger partial charge in [-0.2, -0.15) is 0 Å². The summed E-state index contributed by atoms with van der Waals surface area (Å²) >= 11 is 0. The summed E-state index contributed by atoms with van der Waals surface area (Å²) in [4.78, 5) is 13.0. The summed E-state index contributed by atoms with van der Waals surface area (Å²) in [6, 6.07) is 0. The van der Waals surface area contributed by atoms with Crippen LogP contribution in [0.1, 0.15) is 26.7 Å². The van der Waals surface area contributed by atoms with Gasteiger partial charge in [-0.25, -0.2) is 0 Å². The standard InChI is InChI=1S/C8H15NO.C2H2/c1-3-8(10)9-5-4-7(2)6-9;1-2/h7H,3-6H2,1-2H3;1-2H. The maximum atomic E-state index is 11.1. The minimum Gasteiger partial charge on any atom is -0.342 e. The third-order valence-electron chi connectivity index (χ3n) is 2.08. The Balaban J connectivity index is 0.000000561. The number of likely N-dealkylation sites (tertiary alicyclic amines) is 1. The zero-order valence-corrected chi connectivity index (χ0v) is 7.92. The minimum absolute atomic E-state index is 0.310. The molecule has 0 aromatic carbocycles. The predicted molar refractivity (Wildman–Crippen MR) is 50.5 cm³/mol. The van der Waals surface area contributed by atoms with Crippen molar-refractivity contribution < 1.29 is 4.79 Å². The Morgan fingerprint density at radius 3 is 2.50 bits per heavy atom. The molecule has 1 aliphatic rings. The highest BCUT2D eigenvalue weighted by Crippen LogP contribution is 2.15. The lowest BCUT2D eigenvalue weighted by molar-refractivity contribution is -0.129. The van der Waals surface area contributed by atoms with E-state index in [2.05, 4.69) is 19.8 Å². The third-order valence-corrected chi connectivity index (χ3v) is 2.08. The summed E-state index contributed by atoms with van der Waals surface area (Å²) in [5, 5.41) is 0. The van der Waals surface area contributed by atoms with Gasteiger partial charge in [-0.3, -0.25) is 4.79 Å². The quantitative estimate of drug-likeness (QED) is 0.542. The lowest BCUT2D eigenvalue weighted by Crippen LogP contribution is -2.27. The number of hydrogen-bond donors (Lipinski definition) is 0. The van der Waals surface area contributed by atoms with Crippen molar-refractivity contribution in [3.05, 3.63) is 0 Å². The molecule has 0 aliphatic carbocycles. The number of nitrogens with zero attached hydrogens (tertiary/aromatic N) is 1. The second-order valence-corrected chi connectivity index (χ2v) is 3.09. The Morgan fingerprint density at radius 2 is 2.17 bits per heavy atom. The van der Waals surface area contributed by atoms with Crippen LogP contribution in [0.5, 0.6) is 0 Å². The maximum absolute atomic E-state index is 11.1. The molecular formula is C10H17NO. The van der Waals surface area contributed by atoms with Crippen molar-refractivity contribution in [2.45, 2.75) is 26.7 Å². The van der Waals surface area contributed by atoms with Gasteiger partial charge in [-0.05, 0) is 12.3 Å². The first-order valence-corrected chi connectivity index (χ1v) is 4.35. The summed E-state index contributed by atoms with van der Waals surface area (Å²) < 4.78 is 0. The molecule has 0 radical (unpaired) electrons. The molecule has 68 valence electrons. The van der Waals surface area contributed by atoms with Crippen LogP contribution in [0.2, 0.25) is 0 Å². The molecular weight excluding hydrogens is 150 g/mol. The van der Waals surface area contributed by atoms with Crippen LogP contribution < -0.4 is 0 Å². The molecule has 1 unspecified atom stereocenters. The number of hydrogen-bond acceptors (Lipinski definition) is 1. The average Bonchev–Trinajstić information content (AvgIpc) is 2.54. The van der Waals surface area contributed by atoms with Crippen molar-refractivity contribution >= 4 is 5.91 Å². The molecule has 2 heteroatoms. The van der Waals surface area contributed by atoms with Gasteiger partial charge in [0.05, 0.1) is 0 Å². The molecule has 1 aliphatic heterocycles. The molecule has 1 heterocycles. The van der Waals surface area contributed by atoms with E-state index in [-0.39, 0.29) is 0 Å². The highest BCUT2D eigenvalue weighted by Gasteiger charge is 2.21. The van der Waals surface area contributed by atoms with Gasteiger partial charge in [0.15, 0.2) is 0 Å². The summed E-state index contributed by atoms with van der Waals surface area (Å²) in [7, 11) is 0. The van der Waals surface area contributed by atoms with Gasteiger partial charge < -0.3 is 4.90 Å². The van der Waals surface area contributed by atoms with Crippen LogP contribution in [0.15, 0.2) is 0 Å². The summed E-state index contributed by atoms with van der Waals surface area (Å²) in [5.41, 5.74) is 0. The minimum atomic E-state index is 0.310. The molecule has 1 rings (SSSR count). The highest BCUT2D eigenvalue weighted by atomic mass is 16.2. The number of carbonyl (C=O) groups is 1. The van der Waals surface area contributed by atoms with E-state index in [1.807, 2.05) is 11.8 Å². The van der Waals surface area contributed by atoms with Crippen molar-refractivity contribution in [1.82, 2.24) is 4.90 Å². The van der Waals surface area contributed by atoms with Crippen LogP contribution in [-0.2, 0) is 4.79 Å². The summed E-state index contributed by atoms with van der Waals surface area (Å²) in [6.07, 6.45) is 9.85. The Kier molecular flexibility index (Phi) is 5.19. The lowest BCUT2D eigenvalue weighted by Gasteiger charge is -2.13. The van der Waals surface area contributed by atoms with Gasteiger partial charge in [0, 0.05) is 19.5 Å². The van der Waals surface area contributed by atoms with Crippen molar-refractivity contribution in [1.29, 1.82) is 0 Å². The van der Waals surface area contributed by atoms with Gasteiger partial charge in [0.1, 0.15) is 0 Å². The molecule has 1 saturated heterocycles. The fourth-order valence-electron chi connectivity index (χ4n) is 1.39. The van der Waals surface area contributed by atoms with E-state index >= 15 is 0 Å². The molecule has 1 amide bonds. The lowest BCUT2D eigenvalue weighted by atomic mass is 10.2. The molecule has 1 atom stereocenters. The molecule has 0 aromatic rings. The number of carbonyl (C=O) groups excluding carboxylic acids is 1. The van der Waals surface area contributed by atoms with Gasteiger partial charge in [-0.15, -0.1) is 12.8 Å². The Hall–Kier alpha value is -0.970. The van der Waals surface area contributed by atoms with Crippen LogP contribution in [-0.4, -0.2) is 23.9 Å². The molecule has 12 heavy (non-hydrogen) atoms. The molecule has 0 aromatic heterocycles. The molecule has 0 N–H and O–H groups in total. The van der Waals surface area contributed by atoms with E-state index in [0.717, 1.165) is 19.0 Å². The van der Waals surface area contributed by atoms with E-state index in [1.54, 1.807) is 0 Å². The largest absolute Gasteiger partial charge is 0.342 e. The van der Waals surface area contributed by atoms with Crippen LogP contribution in [0, 0.1) is 18.8 Å². The normalized spacial score (nSPS) is 21.3. The first kappa shape index (κ1) is 11.0. The number of amides is 1. The SMILES string of the molecule is C#C.CCC(=O)N1CCC(C)C1. The number of rotatable bonds is 1. The summed E-state index contributed by atoms with van der Waals surface area (Å²) in [6.45, 7) is 6.08. The zero-order valence-electron chi connectivity index (χ0n) is 7.92. The predicted octanol–water partition coefficient (Wildman–Crippen LogP) is 1.51. The average molecular weight is 167 g/mol. The van der Waals surface area contributed by atoms with Crippen LogP contribution in [0.3, 0.4) is 0 Å². The summed E-state index contributed by atoms with van der Waals surface area (Å²) in [5.74, 6) is 1.03. The van der Waals surface area contributed by atoms with Crippen molar-refractivity contribution in [2.24, 2.45) is 5.92 Å². The number of terminal acetylenes is 1. The Morgan fingerprint density at radius 1 is 1.58 bits per heavy atom. The smallest absolute Gasteiger partial charge is 0.222 e. The first-order valence-electron chi connectivity index (χ1n) is 4.35. The third kappa shape index (κ3) is 2.96. The van der Waals surface area contributed by atoms with E-state index in [0.29, 0.717) is 12.3 Å². The second-order valence-electron chi connectivity index (χ2n) is 3.09. The molecule has 0 saturated carbocycles. The fraction of sp³-hybridized carbons (Fsp3) is 0.700. The maximum Gasteiger partial charge on any atom is 0.222 e. The van der Waals surface area contributed by atoms with E-state index in [9.17, 15) is 4.79 Å².